The van der Waals surface area contributed by atoms with Crippen LogP contribution in [-0.4, -0.2) is 40.1 Å². The topological polar surface area (TPSA) is 79.6 Å². The Morgan fingerprint density at radius 1 is 1.11 bits per heavy atom. The zero-order valence-corrected chi connectivity index (χ0v) is 16.5. The van der Waals surface area contributed by atoms with Crippen molar-refractivity contribution >= 4 is 27.3 Å². The Kier molecular flexibility index (Phi) is 5.66. The van der Waals surface area contributed by atoms with Crippen LogP contribution >= 0.6 is 11.3 Å². The summed E-state index contributed by atoms with van der Waals surface area (Å²) in [6.07, 6.45) is 6.79. The van der Waals surface area contributed by atoms with E-state index in [-0.39, 0.29) is 5.56 Å². The molecule has 28 heavy (non-hydrogen) atoms. The van der Waals surface area contributed by atoms with Crippen LogP contribution in [0.15, 0.2) is 41.3 Å². The minimum Gasteiger partial charge on any atom is -0.351 e. The van der Waals surface area contributed by atoms with Gasteiger partial charge in [-0.1, -0.05) is 54.5 Å². The van der Waals surface area contributed by atoms with Gasteiger partial charge in [-0.2, -0.15) is 4.52 Å². The number of hydrogen-bond acceptors (Lipinski definition) is 6. The molecule has 146 valence electrons. The highest BCUT2D eigenvalue weighted by Crippen LogP contribution is 2.24. The second-order valence-corrected chi connectivity index (χ2v) is 7.88. The van der Waals surface area contributed by atoms with Crippen molar-refractivity contribution in [3.05, 3.63) is 58.0 Å². The van der Waals surface area contributed by atoms with Crippen molar-refractivity contribution in [3.63, 3.8) is 0 Å². The predicted molar refractivity (Wildman–Crippen MR) is 110 cm³/mol. The molecule has 1 aromatic carbocycles. The molecular formula is C20H23N5O2S. The second-order valence-electron chi connectivity index (χ2n) is 6.95. The highest BCUT2D eigenvalue weighted by atomic mass is 32.1. The largest absolute Gasteiger partial charge is 0.351 e. The summed E-state index contributed by atoms with van der Waals surface area (Å²) in [5.74, 6) is -0.410. The monoisotopic (exact) mass is 397 g/mol. The minimum absolute atomic E-state index is 0.0262. The Bertz CT molecular complexity index is 1010. The molecule has 0 atom stereocenters. The number of aromatic nitrogens is 3. The van der Waals surface area contributed by atoms with E-state index in [2.05, 4.69) is 20.3 Å². The van der Waals surface area contributed by atoms with Crippen LogP contribution in [-0.2, 0) is 6.42 Å². The summed E-state index contributed by atoms with van der Waals surface area (Å²) in [5.41, 5.74) is 0.743. The smallest absolute Gasteiger partial charge is 0.288 e. The van der Waals surface area contributed by atoms with Gasteiger partial charge < -0.3 is 10.2 Å². The molecule has 2 aromatic heterocycles. The van der Waals surface area contributed by atoms with E-state index >= 15 is 0 Å². The van der Waals surface area contributed by atoms with Crippen LogP contribution in [0.2, 0.25) is 0 Å². The lowest BCUT2D eigenvalue weighted by molar-refractivity contribution is 0.0952. The quantitative estimate of drug-likeness (QED) is 0.716. The number of rotatable bonds is 5. The summed E-state index contributed by atoms with van der Waals surface area (Å²) in [5, 5.41) is 8.06. The fraction of sp³-hybridized carbons (Fsp3) is 0.400. The Morgan fingerprint density at radius 3 is 2.61 bits per heavy atom. The molecule has 3 aromatic rings. The van der Waals surface area contributed by atoms with Gasteiger partial charge in [0.15, 0.2) is 0 Å². The van der Waals surface area contributed by atoms with Crippen molar-refractivity contribution in [2.24, 2.45) is 0 Å². The summed E-state index contributed by atoms with van der Waals surface area (Å²) in [4.78, 5) is 32.2. The highest BCUT2D eigenvalue weighted by Gasteiger charge is 2.19. The van der Waals surface area contributed by atoms with Crippen LogP contribution in [0, 0.1) is 0 Å². The van der Waals surface area contributed by atoms with Gasteiger partial charge in [0, 0.05) is 25.8 Å². The van der Waals surface area contributed by atoms with Gasteiger partial charge >= 0.3 is 0 Å². The third-order valence-corrected chi connectivity index (χ3v) is 5.92. The molecule has 1 amide bonds. The molecule has 1 aliphatic heterocycles. The van der Waals surface area contributed by atoms with Gasteiger partial charge in [0.05, 0.1) is 0 Å². The first-order chi connectivity index (χ1) is 13.7. The molecule has 0 unspecified atom stereocenters. The fourth-order valence-corrected chi connectivity index (χ4v) is 4.29. The van der Waals surface area contributed by atoms with Crippen LogP contribution < -0.4 is 15.8 Å². The molecule has 0 radical (unpaired) electrons. The standard InChI is InChI=1S/C20H23N5O2S/c26-17(21-11-10-15-8-4-3-5-9-15)16-14-22-19-25(18(16)27)23-20(28-19)24-12-6-1-2-7-13-24/h3-5,8-9,14H,1-2,6-7,10-13H2,(H,21,26). The lowest BCUT2D eigenvalue weighted by Crippen LogP contribution is -2.33. The highest BCUT2D eigenvalue weighted by molar-refractivity contribution is 7.20. The van der Waals surface area contributed by atoms with Gasteiger partial charge in [0.25, 0.3) is 11.5 Å². The molecule has 0 spiro atoms. The maximum absolute atomic E-state index is 12.8. The maximum Gasteiger partial charge on any atom is 0.288 e. The number of carbonyl (C=O) groups excluding carboxylic acids is 1. The van der Waals surface area contributed by atoms with Gasteiger partial charge in [-0.15, -0.1) is 5.10 Å². The first-order valence-electron chi connectivity index (χ1n) is 9.68. The number of benzene rings is 1. The molecule has 3 heterocycles. The third-order valence-electron chi connectivity index (χ3n) is 4.94. The molecule has 1 N–H and O–H groups in total. The van der Waals surface area contributed by atoms with Crippen molar-refractivity contribution < 1.29 is 4.79 Å². The summed E-state index contributed by atoms with van der Waals surface area (Å²) in [6, 6.07) is 9.90. The molecule has 1 aliphatic rings. The van der Waals surface area contributed by atoms with Crippen molar-refractivity contribution in [1.29, 1.82) is 0 Å². The third kappa shape index (κ3) is 4.06. The van der Waals surface area contributed by atoms with Gasteiger partial charge in [-0.05, 0) is 24.8 Å². The summed E-state index contributed by atoms with van der Waals surface area (Å²) >= 11 is 1.40. The normalized spacial score (nSPS) is 14.8. The average Bonchev–Trinajstić information content (AvgIpc) is 2.97. The Hall–Kier alpha value is -2.74. The Balaban J connectivity index is 1.49. The molecule has 8 heteroatoms. The van der Waals surface area contributed by atoms with Gasteiger partial charge in [-0.3, -0.25) is 9.59 Å². The second kappa shape index (κ2) is 8.52. The summed E-state index contributed by atoms with van der Waals surface area (Å²) in [6.45, 7) is 2.35. The zero-order valence-electron chi connectivity index (χ0n) is 15.6. The molecule has 7 nitrogen and oxygen atoms in total. The maximum atomic E-state index is 12.8. The van der Waals surface area contributed by atoms with Crippen LogP contribution in [0.25, 0.3) is 4.96 Å². The van der Waals surface area contributed by atoms with E-state index in [1.165, 1.54) is 34.9 Å². The van der Waals surface area contributed by atoms with Crippen molar-refractivity contribution in [3.8, 4) is 0 Å². The van der Waals surface area contributed by atoms with E-state index in [9.17, 15) is 9.59 Å². The molecule has 1 fully saturated rings. The molecule has 0 bridgehead atoms. The predicted octanol–water partition coefficient (Wildman–Crippen LogP) is 2.50. The van der Waals surface area contributed by atoms with E-state index < -0.39 is 11.5 Å². The van der Waals surface area contributed by atoms with Gasteiger partial charge in [-0.25, -0.2) is 4.98 Å². The fourth-order valence-electron chi connectivity index (χ4n) is 3.38. The molecule has 1 saturated heterocycles. The molecule has 0 saturated carbocycles. The summed E-state index contributed by atoms with van der Waals surface area (Å²) in [7, 11) is 0. The number of anilines is 1. The average molecular weight is 398 g/mol. The van der Waals surface area contributed by atoms with Crippen molar-refractivity contribution in [2.45, 2.75) is 32.1 Å². The SMILES string of the molecule is O=C(NCCc1ccccc1)c1cnc2sc(N3CCCCCC3)nn2c1=O. The van der Waals surface area contributed by atoms with Gasteiger partial charge in [0.2, 0.25) is 10.1 Å². The number of nitrogens with zero attached hydrogens (tertiary/aromatic N) is 4. The van der Waals surface area contributed by atoms with E-state index in [0.717, 1.165) is 36.6 Å². The first-order valence-corrected chi connectivity index (χ1v) is 10.5. The molecule has 0 aliphatic carbocycles. The minimum atomic E-state index is -0.417. The molecular weight excluding hydrogens is 374 g/mol. The number of hydrogen-bond donors (Lipinski definition) is 1. The lowest BCUT2D eigenvalue weighted by atomic mass is 10.1. The van der Waals surface area contributed by atoms with Gasteiger partial charge in [0.1, 0.15) is 5.56 Å². The Morgan fingerprint density at radius 2 is 1.86 bits per heavy atom. The van der Waals surface area contributed by atoms with Crippen molar-refractivity contribution in [2.75, 3.05) is 24.5 Å². The lowest BCUT2D eigenvalue weighted by Gasteiger charge is -2.17. The number of carbonyl (C=O) groups is 1. The number of nitrogens with one attached hydrogen (secondary N) is 1. The van der Waals surface area contributed by atoms with E-state index in [1.807, 2.05) is 30.3 Å². The van der Waals surface area contributed by atoms with E-state index in [1.54, 1.807) is 0 Å². The number of fused-ring (bicyclic) bond motifs is 1. The summed E-state index contributed by atoms with van der Waals surface area (Å²) < 4.78 is 1.26. The van der Waals surface area contributed by atoms with Crippen LogP contribution in [0.3, 0.4) is 0 Å². The molecule has 4 rings (SSSR count). The van der Waals surface area contributed by atoms with Crippen LogP contribution in [0.4, 0.5) is 5.13 Å². The van der Waals surface area contributed by atoms with E-state index in [4.69, 9.17) is 0 Å². The van der Waals surface area contributed by atoms with Crippen LogP contribution in [0.1, 0.15) is 41.6 Å². The van der Waals surface area contributed by atoms with Crippen molar-refractivity contribution in [1.82, 2.24) is 19.9 Å². The number of amides is 1. The first kappa shape index (κ1) is 18.6. The van der Waals surface area contributed by atoms with E-state index in [0.29, 0.717) is 17.9 Å². The zero-order chi connectivity index (χ0) is 19.3. The van der Waals surface area contributed by atoms with Crippen LogP contribution in [0.5, 0.6) is 0 Å². The Labute approximate surface area is 167 Å².